The number of hydrogen-bond donors (Lipinski definition) is 2. The predicted molar refractivity (Wildman–Crippen MR) is 142 cm³/mol. The molecule has 4 aliphatic heterocycles. The van der Waals surface area contributed by atoms with E-state index >= 15 is 0 Å². The summed E-state index contributed by atoms with van der Waals surface area (Å²) in [7, 11) is 3.05. The normalized spacial score (nSPS) is 37.0. The highest BCUT2D eigenvalue weighted by atomic mass is 16.9. The lowest BCUT2D eigenvalue weighted by molar-refractivity contribution is -0.228. The summed E-state index contributed by atoms with van der Waals surface area (Å²) < 4.78 is 49.8. The minimum Gasteiger partial charge on any atom is -0.388 e. The van der Waals surface area contributed by atoms with Crippen LogP contribution >= 0.6 is 0 Å². The number of hydrogen-bond acceptors (Lipinski definition) is 11. The van der Waals surface area contributed by atoms with Crippen molar-refractivity contribution in [2.24, 2.45) is 0 Å². The van der Waals surface area contributed by atoms with Crippen molar-refractivity contribution in [2.75, 3.05) is 14.2 Å². The highest BCUT2D eigenvalue weighted by Crippen LogP contribution is 2.41. The lowest BCUT2D eigenvalue weighted by Gasteiger charge is -2.28. The molecule has 0 radical (unpaired) electrons. The van der Waals surface area contributed by atoms with Gasteiger partial charge in [-0.15, -0.1) is 0 Å². The summed E-state index contributed by atoms with van der Waals surface area (Å²) in [5, 5.41) is 22.6. The number of methoxy groups -OCH3 is 2. The molecule has 10 atom stereocenters. The van der Waals surface area contributed by atoms with Gasteiger partial charge in [0.25, 0.3) is 0 Å². The maximum absolute atomic E-state index is 13.8. The first-order valence-electron chi connectivity index (χ1n) is 14.0. The van der Waals surface area contributed by atoms with Crippen molar-refractivity contribution < 1.29 is 48.1 Å². The van der Waals surface area contributed by atoms with Crippen LogP contribution < -0.4 is 5.69 Å². The quantitative estimate of drug-likeness (QED) is 0.454. The summed E-state index contributed by atoms with van der Waals surface area (Å²) in [5.41, 5.74) is 1.76. The summed E-state index contributed by atoms with van der Waals surface area (Å²) in [5.74, 6) is -1.66. The van der Waals surface area contributed by atoms with Gasteiger partial charge >= 0.3 is 5.69 Å². The van der Waals surface area contributed by atoms with E-state index in [0.717, 1.165) is 5.56 Å². The van der Waals surface area contributed by atoms with E-state index in [1.165, 1.54) is 23.4 Å². The van der Waals surface area contributed by atoms with Crippen LogP contribution in [-0.4, -0.2) is 107 Å². The minimum absolute atomic E-state index is 0.0726. The first kappa shape index (κ1) is 29.2. The fourth-order valence-corrected chi connectivity index (χ4v) is 6.53. The monoisotopic (exact) mass is 580 g/mol. The maximum atomic E-state index is 13.8. The zero-order valence-electron chi connectivity index (χ0n) is 24.4. The van der Waals surface area contributed by atoms with Crippen LogP contribution in [0.1, 0.15) is 33.3 Å². The molecule has 13 heteroatoms. The number of benzene rings is 1. The average molecular weight is 581 g/mol. The number of aliphatic hydroxyl groups excluding tert-OH is 2. The Bertz CT molecular complexity index is 1340. The van der Waals surface area contributed by atoms with Crippen molar-refractivity contribution in [3.05, 3.63) is 34.2 Å². The van der Waals surface area contributed by atoms with Crippen LogP contribution in [0.25, 0.3) is 11.0 Å². The van der Waals surface area contributed by atoms with E-state index in [1.54, 1.807) is 27.7 Å². The van der Waals surface area contributed by atoms with Gasteiger partial charge in [0.15, 0.2) is 24.2 Å². The zero-order chi connectivity index (χ0) is 29.4. The molecule has 4 aliphatic rings. The Kier molecular flexibility index (Phi) is 7.38. The van der Waals surface area contributed by atoms with Crippen LogP contribution in [-0.2, 0) is 51.0 Å². The van der Waals surface area contributed by atoms with Crippen LogP contribution in [0.4, 0.5) is 0 Å². The molecule has 2 aromatic rings. The molecule has 13 nitrogen and oxygen atoms in total. The Balaban J connectivity index is 1.25. The molecule has 0 saturated carbocycles. The second kappa shape index (κ2) is 10.4. The Morgan fingerprint density at radius 3 is 1.73 bits per heavy atom. The largest absolute Gasteiger partial charge is 0.388 e. The first-order chi connectivity index (χ1) is 19.3. The second-order valence-corrected chi connectivity index (χ2v) is 12.2. The second-order valence-electron chi connectivity index (χ2n) is 12.2. The van der Waals surface area contributed by atoms with E-state index in [9.17, 15) is 15.0 Å². The van der Waals surface area contributed by atoms with Crippen LogP contribution in [0.3, 0.4) is 0 Å². The molecule has 228 valence electrons. The Hall–Kier alpha value is -1.91. The van der Waals surface area contributed by atoms with E-state index in [-0.39, 0.29) is 13.1 Å². The third kappa shape index (κ3) is 5.05. The molecule has 0 amide bonds. The summed E-state index contributed by atoms with van der Waals surface area (Å²) in [6, 6.07) is 5.59. The lowest BCUT2D eigenvalue weighted by atomic mass is 10.1. The Labute approximate surface area is 237 Å². The van der Waals surface area contributed by atoms with E-state index in [4.69, 9.17) is 37.9 Å². The van der Waals surface area contributed by atoms with Crippen molar-refractivity contribution in [1.29, 1.82) is 0 Å². The van der Waals surface area contributed by atoms with Crippen LogP contribution in [0.2, 0.25) is 0 Å². The number of nitrogens with zero attached hydrogens (tertiary/aromatic N) is 2. The molecule has 1 aromatic heterocycles. The smallest absolute Gasteiger partial charge is 0.329 e. The van der Waals surface area contributed by atoms with Crippen molar-refractivity contribution >= 4 is 11.0 Å². The van der Waals surface area contributed by atoms with E-state index in [2.05, 4.69) is 0 Å². The number of ether oxygens (including phenoxy) is 8. The lowest BCUT2D eigenvalue weighted by Crippen LogP contribution is -2.46. The number of aryl methyl sites for hydroxylation is 1. The fraction of sp³-hybridized carbons (Fsp3) is 0.750. The summed E-state index contributed by atoms with van der Waals surface area (Å²) in [6.45, 7) is 8.93. The van der Waals surface area contributed by atoms with Gasteiger partial charge in [-0.25, -0.2) is 4.79 Å². The minimum atomic E-state index is -1.11. The molecule has 2 N–H and O–H groups in total. The third-order valence-corrected chi connectivity index (χ3v) is 8.27. The number of aliphatic hydroxyl groups is 2. The number of imidazole rings is 1. The zero-order valence-corrected chi connectivity index (χ0v) is 24.4. The fourth-order valence-electron chi connectivity index (χ4n) is 6.53. The van der Waals surface area contributed by atoms with Crippen LogP contribution in [0.5, 0.6) is 0 Å². The van der Waals surface area contributed by atoms with E-state index in [0.29, 0.717) is 11.0 Å². The predicted octanol–water partition coefficient (Wildman–Crippen LogP) is 0.616. The van der Waals surface area contributed by atoms with Gasteiger partial charge in [-0.3, -0.25) is 9.13 Å². The number of rotatable bonds is 8. The van der Waals surface area contributed by atoms with E-state index in [1.807, 2.05) is 25.1 Å². The van der Waals surface area contributed by atoms with Crippen LogP contribution in [0, 0.1) is 6.92 Å². The van der Waals surface area contributed by atoms with Gasteiger partial charge in [-0.2, -0.15) is 0 Å². The molecule has 4 saturated heterocycles. The Morgan fingerprint density at radius 2 is 1.27 bits per heavy atom. The summed E-state index contributed by atoms with van der Waals surface area (Å²) in [4.78, 5) is 13.8. The number of aromatic nitrogens is 2. The van der Waals surface area contributed by atoms with Crippen molar-refractivity contribution in [3.63, 3.8) is 0 Å². The Morgan fingerprint density at radius 1 is 0.805 bits per heavy atom. The van der Waals surface area contributed by atoms with Gasteiger partial charge in [0.2, 0.25) is 0 Å². The summed E-state index contributed by atoms with van der Waals surface area (Å²) in [6.07, 6.45) is -7.39. The molecular formula is C28H40N2O11. The average Bonchev–Trinajstić information content (AvgIpc) is 3.63. The van der Waals surface area contributed by atoms with Gasteiger partial charge in [-0.05, 0) is 52.3 Å². The third-order valence-electron chi connectivity index (χ3n) is 8.27. The molecule has 1 aromatic carbocycles. The van der Waals surface area contributed by atoms with Gasteiger partial charge in [0.05, 0.1) is 24.1 Å². The van der Waals surface area contributed by atoms with Gasteiger partial charge in [-0.1, -0.05) is 6.07 Å². The summed E-state index contributed by atoms with van der Waals surface area (Å²) >= 11 is 0. The van der Waals surface area contributed by atoms with Crippen LogP contribution in [0.15, 0.2) is 23.0 Å². The highest BCUT2D eigenvalue weighted by molar-refractivity contribution is 5.77. The van der Waals surface area contributed by atoms with Gasteiger partial charge in [0, 0.05) is 14.2 Å². The number of fused-ring (bicyclic) bond motifs is 3. The molecule has 41 heavy (non-hydrogen) atoms. The van der Waals surface area contributed by atoms with E-state index < -0.39 is 78.7 Å². The van der Waals surface area contributed by atoms with Crippen molar-refractivity contribution in [3.8, 4) is 0 Å². The highest BCUT2D eigenvalue weighted by Gasteiger charge is 2.58. The molecule has 6 rings (SSSR count). The SMILES string of the molecule is CO[C@@H]1[C@H]([C@H](O)Cn2c(=O)n(C[C@H](O)[C@@H]3O[C@@H]4OC(C)(C)O[C@@H]4[C@@H]3OC)c3cc(C)ccc32)O[C@H]2OC(C)(C)O[C@@H]21. The molecule has 0 unspecified atom stereocenters. The molecule has 4 fully saturated rings. The molecule has 0 spiro atoms. The van der Waals surface area contributed by atoms with Gasteiger partial charge < -0.3 is 48.1 Å². The maximum Gasteiger partial charge on any atom is 0.329 e. The standard InChI is InChI=1S/C28H40N2O11/c1-13-8-9-14-15(10-13)30(12-17(32)19-21(35-7)23-25(37-19)41-28(4,5)39-23)26(33)29(14)11-16(31)18-20(34-6)22-24(36-18)40-27(2,3)38-22/h8-10,16-25,31-32H,11-12H2,1-7H3/t16-,17+,18+,19+,20-,21-,22-,23-,24+,25-/m1/s1. The molecule has 0 bridgehead atoms. The molecule has 5 heterocycles. The van der Waals surface area contributed by atoms with Gasteiger partial charge in [0.1, 0.15) is 48.8 Å². The van der Waals surface area contributed by atoms with Crippen molar-refractivity contribution in [2.45, 2.75) is 121 Å². The van der Waals surface area contributed by atoms with Crippen molar-refractivity contribution in [1.82, 2.24) is 9.13 Å². The molecule has 0 aliphatic carbocycles. The topological polar surface area (TPSA) is 141 Å². The molecular weight excluding hydrogens is 540 g/mol. The first-order valence-corrected chi connectivity index (χ1v) is 14.0.